The Bertz CT molecular complexity index is 841. The van der Waals surface area contributed by atoms with Gasteiger partial charge in [-0.25, -0.2) is 4.98 Å². The standard InChI is InChI=1S/C17H10F3NO/c18-17(19,20)16-13(15(22)11-6-2-1-3-7-11)10-12-8-4-5-9-14(12)21-16/h1-10H. The summed E-state index contributed by atoms with van der Waals surface area (Å²) in [5.74, 6) is -0.689. The Kier molecular flexibility index (Phi) is 3.41. The maximum absolute atomic E-state index is 13.2. The van der Waals surface area contributed by atoms with Crippen molar-refractivity contribution in [2.24, 2.45) is 0 Å². The Morgan fingerprint density at radius 1 is 0.909 bits per heavy atom. The van der Waals surface area contributed by atoms with Crippen molar-refractivity contribution in [2.45, 2.75) is 6.18 Å². The van der Waals surface area contributed by atoms with Gasteiger partial charge in [-0.15, -0.1) is 0 Å². The number of rotatable bonds is 2. The highest BCUT2D eigenvalue weighted by Gasteiger charge is 2.37. The average Bonchev–Trinajstić information content (AvgIpc) is 2.53. The smallest absolute Gasteiger partial charge is 0.289 e. The average molecular weight is 301 g/mol. The maximum Gasteiger partial charge on any atom is 0.434 e. The van der Waals surface area contributed by atoms with Gasteiger partial charge in [-0.05, 0) is 12.1 Å². The fraction of sp³-hybridized carbons (Fsp3) is 0.0588. The summed E-state index contributed by atoms with van der Waals surface area (Å²) < 4.78 is 39.7. The predicted octanol–water partition coefficient (Wildman–Crippen LogP) is 4.48. The monoisotopic (exact) mass is 301 g/mol. The van der Waals surface area contributed by atoms with Crippen LogP contribution in [0.3, 0.4) is 0 Å². The molecule has 110 valence electrons. The molecule has 2 nitrogen and oxygen atoms in total. The van der Waals surface area contributed by atoms with E-state index in [1.807, 2.05) is 0 Å². The number of nitrogens with zero attached hydrogens (tertiary/aromatic N) is 1. The summed E-state index contributed by atoms with van der Waals surface area (Å²) in [5, 5.41) is 0.495. The van der Waals surface area contributed by atoms with Crippen molar-refractivity contribution in [3.8, 4) is 0 Å². The highest BCUT2D eigenvalue weighted by molar-refractivity contribution is 6.11. The van der Waals surface area contributed by atoms with Gasteiger partial charge in [0.05, 0.1) is 11.1 Å². The number of ketones is 1. The number of pyridine rings is 1. The van der Waals surface area contributed by atoms with Gasteiger partial charge < -0.3 is 0 Å². The van der Waals surface area contributed by atoms with Crippen LogP contribution >= 0.6 is 0 Å². The number of aromatic nitrogens is 1. The highest BCUT2D eigenvalue weighted by atomic mass is 19.4. The quantitative estimate of drug-likeness (QED) is 0.653. The van der Waals surface area contributed by atoms with E-state index in [1.54, 1.807) is 36.4 Å². The third-order valence-electron chi connectivity index (χ3n) is 3.27. The Labute approximate surface area is 124 Å². The minimum absolute atomic E-state index is 0.199. The van der Waals surface area contributed by atoms with E-state index >= 15 is 0 Å². The van der Waals surface area contributed by atoms with Crippen LogP contribution in [-0.4, -0.2) is 10.8 Å². The highest BCUT2D eigenvalue weighted by Crippen LogP contribution is 2.33. The molecule has 1 aromatic heterocycles. The van der Waals surface area contributed by atoms with E-state index in [9.17, 15) is 18.0 Å². The number of alkyl halides is 3. The number of hydrogen-bond donors (Lipinski definition) is 0. The molecule has 3 rings (SSSR count). The molecule has 0 unspecified atom stereocenters. The third-order valence-corrected chi connectivity index (χ3v) is 3.27. The second-order valence-corrected chi connectivity index (χ2v) is 4.77. The Morgan fingerprint density at radius 2 is 1.55 bits per heavy atom. The van der Waals surface area contributed by atoms with Crippen LogP contribution in [0.4, 0.5) is 13.2 Å². The normalized spacial score (nSPS) is 11.6. The van der Waals surface area contributed by atoms with Gasteiger partial charge in [0.25, 0.3) is 0 Å². The van der Waals surface area contributed by atoms with E-state index in [1.165, 1.54) is 24.3 Å². The van der Waals surface area contributed by atoms with Gasteiger partial charge in [0.15, 0.2) is 11.5 Å². The number of benzene rings is 2. The van der Waals surface area contributed by atoms with Crippen molar-refractivity contribution in [2.75, 3.05) is 0 Å². The number of para-hydroxylation sites is 1. The van der Waals surface area contributed by atoms with Crippen LogP contribution in [0.2, 0.25) is 0 Å². The first-order valence-corrected chi connectivity index (χ1v) is 6.53. The third kappa shape index (κ3) is 2.57. The molecule has 0 aliphatic heterocycles. The number of hydrogen-bond acceptors (Lipinski definition) is 2. The van der Waals surface area contributed by atoms with Crippen LogP contribution < -0.4 is 0 Å². The SMILES string of the molecule is O=C(c1ccccc1)c1cc2ccccc2nc1C(F)(F)F. The summed E-state index contributed by atoms with van der Waals surface area (Å²) in [6.45, 7) is 0. The molecule has 0 spiro atoms. The summed E-state index contributed by atoms with van der Waals surface area (Å²) in [7, 11) is 0. The first kappa shape index (κ1) is 14.3. The van der Waals surface area contributed by atoms with Crippen molar-refractivity contribution >= 4 is 16.7 Å². The van der Waals surface area contributed by atoms with Gasteiger partial charge in [0.2, 0.25) is 0 Å². The maximum atomic E-state index is 13.2. The van der Waals surface area contributed by atoms with Crippen LogP contribution in [0.1, 0.15) is 21.6 Å². The number of carbonyl (C=O) groups excluding carboxylic acids is 1. The topological polar surface area (TPSA) is 30.0 Å². The summed E-state index contributed by atoms with van der Waals surface area (Å²) in [6, 6.07) is 15.5. The predicted molar refractivity (Wildman–Crippen MR) is 76.6 cm³/mol. The zero-order valence-corrected chi connectivity index (χ0v) is 11.3. The number of carbonyl (C=O) groups is 1. The fourth-order valence-corrected chi connectivity index (χ4v) is 2.25. The van der Waals surface area contributed by atoms with Crippen LogP contribution in [0.15, 0.2) is 60.7 Å². The molecule has 5 heteroatoms. The second-order valence-electron chi connectivity index (χ2n) is 4.77. The molecular weight excluding hydrogens is 291 g/mol. The van der Waals surface area contributed by atoms with Crippen molar-refractivity contribution < 1.29 is 18.0 Å². The molecule has 0 aliphatic rings. The Balaban J connectivity index is 2.25. The van der Waals surface area contributed by atoms with Crippen LogP contribution in [0.25, 0.3) is 10.9 Å². The molecule has 2 aromatic carbocycles. The van der Waals surface area contributed by atoms with E-state index in [4.69, 9.17) is 0 Å². The molecule has 0 amide bonds. The molecule has 0 saturated carbocycles. The molecular formula is C17H10F3NO. The molecule has 1 heterocycles. The van der Waals surface area contributed by atoms with Crippen LogP contribution in [0, 0.1) is 0 Å². The van der Waals surface area contributed by atoms with Gasteiger partial charge in [0.1, 0.15) is 0 Å². The number of halogens is 3. The van der Waals surface area contributed by atoms with E-state index in [0.29, 0.717) is 5.39 Å². The molecule has 0 N–H and O–H groups in total. The van der Waals surface area contributed by atoms with Gasteiger partial charge in [-0.3, -0.25) is 4.79 Å². The Hall–Kier alpha value is -2.69. The first-order valence-electron chi connectivity index (χ1n) is 6.53. The van der Waals surface area contributed by atoms with E-state index in [2.05, 4.69) is 4.98 Å². The zero-order chi connectivity index (χ0) is 15.7. The largest absolute Gasteiger partial charge is 0.434 e. The summed E-state index contributed by atoms with van der Waals surface area (Å²) in [4.78, 5) is 16.1. The lowest BCUT2D eigenvalue weighted by Crippen LogP contribution is -2.16. The van der Waals surface area contributed by atoms with Crippen molar-refractivity contribution in [3.63, 3.8) is 0 Å². The molecule has 0 fully saturated rings. The second kappa shape index (κ2) is 5.26. The fourth-order valence-electron chi connectivity index (χ4n) is 2.25. The molecule has 0 bridgehead atoms. The summed E-state index contributed by atoms with van der Waals surface area (Å²) in [5.41, 5.74) is -1.18. The van der Waals surface area contributed by atoms with Gasteiger partial charge in [0, 0.05) is 10.9 Å². The zero-order valence-electron chi connectivity index (χ0n) is 11.3. The lowest BCUT2D eigenvalue weighted by Gasteiger charge is -2.12. The van der Waals surface area contributed by atoms with E-state index in [-0.39, 0.29) is 11.1 Å². The summed E-state index contributed by atoms with van der Waals surface area (Å²) >= 11 is 0. The lowest BCUT2D eigenvalue weighted by atomic mass is 9.99. The van der Waals surface area contributed by atoms with Gasteiger partial charge >= 0.3 is 6.18 Å². The molecule has 0 saturated heterocycles. The first-order chi connectivity index (χ1) is 10.5. The van der Waals surface area contributed by atoms with Crippen LogP contribution in [-0.2, 0) is 6.18 Å². The van der Waals surface area contributed by atoms with E-state index in [0.717, 1.165) is 0 Å². The van der Waals surface area contributed by atoms with Crippen molar-refractivity contribution in [1.82, 2.24) is 4.98 Å². The minimum Gasteiger partial charge on any atom is -0.289 e. The molecule has 3 aromatic rings. The van der Waals surface area contributed by atoms with Crippen molar-refractivity contribution in [1.29, 1.82) is 0 Å². The molecule has 22 heavy (non-hydrogen) atoms. The van der Waals surface area contributed by atoms with Crippen molar-refractivity contribution in [3.05, 3.63) is 77.5 Å². The molecule has 0 aliphatic carbocycles. The minimum atomic E-state index is -4.69. The molecule has 0 radical (unpaired) electrons. The Morgan fingerprint density at radius 3 is 2.23 bits per heavy atom. The van der Waals surface area contributed by atoms with Crippen LogP contribution in [0.5, 0.6) is 0 Å². The van der Waals surface area contributed by atoms with Gasteiger partial charge in [-0.2, -0.15) is 13.2 Å². The lowest BCUT2D eigenvalue weighted by molar-refractivity contribution is -0.141. The van der Waals surface area contributed by atoms with E-state index < -0.39 is 23.2 Å². The molecule has 0 atom stereocenters. The van der Waals surface area contributed by atoms with Gasteiger partial charge in [-0.1, -0.05) is 48.5 Å². The summed E-state index contributed by atoms with van der Waals surface area (Å²) in [6.07, 6.45) is -4.69. The number of fused-ring (bicyclic) bond motifs is 1.